The van der Waals surface area contributed by atoms with E-state index in [2.05, 4.69) is 30.3 Å². The molecule has 0 saturated carbocycles. The van der Waals surface area contributed by atoms with Gasteiger partial charge in [-0.25, -0.2) is 14.0 Å². The number of amides is 2. The van der Waals surface area contributed by atoms with Gasteiger partial charge in [0.2, 0.25) is 11.9 Å². The molecule has 12 heteroatoms. The highest BCUT2D eigenvalue weighted by atomic mass is 32.2. The van der Waals surface area contributed by atoms with Crippen LogP contribution in [0.3, 0.4) is 0 Å². The number of ether oxygens (including phenoxy) is 1. The molecule has 0 fully saturated rings. The van der Waals surface area contributed by atoms with Crippen LogP contribution in [-0.4, -0.2) is 50.5 Å². The minimum Gasteiger partial charge on any atom is -0.448 e. The summed E-state index contributed by atoms with van der Waals surface area (Å²) < 4.78 is 20.4. The van der Waals surface area contributed by atoms with E-state index in [-0.39, 0.29) is 25.2 Å². The van der Waals surface area contributed by atoms with Gasteiger partial charge in [-0.05, 0) is 55.3 Å². The Balaban J connectivity index is 1.84. The van der Waals surface area contributed by atoms with Crippen molar-refractivity contribution >= 4 is 40.0 Å². The predicted octanol–water partition coefficient (Wildman–Crippen LogP) is 3.50. The van der Waals surface area contributed by atoms with Gasteiger partial charge in [-0.3, -0.25) is 4.79 Å². The highest BCUT2D eigenvalue weighted by molar-refractivity contribution is 7.75. The van der Waals surface area contributed by atoms with Gasteiger partial charge in [0.05, 0.1) is 23.8 Å². The summed E-state index contributed by atoms with van der Waals surface area (Å²) in [7, 11) is -2.27. The van der Waals surface area contributed by atoms with Crippen LogP contribution in [-0.2, 0) is 26.7 Å². The molecule has 11 nitrogen and oxygen atoms in total. The largest absolute Gasteiger partial charge is 0.448 e. The Morgan fingerprint density at radius 1 is 1.19 bits per heavy atom. The minimum absolute atomic E-state index is 0.0920. The van der Waals surface area contributed by atoms with Crippen molar-refractivity contribution in [2.24, 2.45) is 4.36 Å². The number of thiol groups is 1. The highest BCUT2D eigenvalue weighted by Crippen LogP contribution is 2.29. The third kappa shape index (κ3) is 8.26. The molecule has 196 valence electrons. The van der Waals surface area contributed by atoms with Crippen LogP contribution in [0.25, 0.3) is 11.1 Å². The Labute approximate surface area is 216 Å². The van der Waals surface area contributed by atoms with Crippen LogP contribution >= 0.6 is 0 Å². The molecule has 3 rings (SSSR count). The highest BCUT2D eigenvalue weighted by Gasteiger charge is 2.13. The SMILES string of the molecule is CCOC(=O)/N=[SH](=O)/c1ccc(Nc2ncc(-c3cccc(CNC(C)=O)c3)c(N[C@H](C)CO)n2)cc1. The van der Waals surface area contributed by atoms with Crippen molar-refractivity contribution in [1.29, 1.82) is 0 Å². The number of aliphatic hydroxyl groups excluding tert-OH is 1. The van der Waals surface area contributed by atoms with E-state index in [1.165, 1.54) is 6.92 Å². The zero-order valence-corrected chi connectivity index (χ0v) is 21.7. The van der Waals surface area contributed by atoms with Crippen LogP contribution in [0.15, 0.2) is 64.0 Å². The molecule has 2 amide bonds. The maximum absolute atomic E-state index is 12.2. The summed E-state index contributed by atoms with van der Waals surface area (Å²) in [5.74, 6) is 0.708. The first-order valence-electron chi connectivity index (χ1n) is 11.6. The van der Waals surface area contributed by atoms with Crippen molar-refractivity contribution in [2.45, 2.75) is 38.3 Å². The molecule has 0 spiro atoms. The first-order chi connectivity index (χ1) is 17.8. The zero-order chi connectivity index (χ0) is 26.8. The van der Waals surface area contributed by atoms with Gasteiger partial charge in [0, 0.05) is 41.9 Å². The average molecular weight is 527 g/mol. The topological polar surface area (TPSA) is 155 Å². The number of carbonyl (C=O) groups is 2. The Hall–Kier alpha value is -4.03. The molecule has 2 atom stereocenters. The lowest BCUT2D eigenvalue weighted by Crippen LogP contribution is -2.21. The van der Waals surface area contributed by atoms with Crippen LogP contribution in [0.1, 0.15) is 26.3 Å². The monoisotopic (exact) mass is 526 g/mol. The van der Waals surface area contributed by atoms with Gasteiger partial charge in [-0.1, -0.05) is 18.2 Å². The number of nitrogens with zero attached hydrogens (tertiary/aromatic N) is 3. The number of hydrogen-bond donors (Lipinski definition) is 5. The Bertz CT molecular complexity index is 1330. The Morgan fingerprint density at radius 3 is 2.62 bits per heavy atom. The lowest BCUT2D eigenvalue weighted by Gasteiger charge is -2.17. The molecule has 1 unspecified atom stereocenters. The van der Waals surface area contributed by atoms with E-state index in [9.17, 15) is 18.9 Å². The first kappa shape index (κ1) is 27.6. The number of aliphatic hydroxyl groups is 1. The maximum Gasteiger partial charge on any atom is 0.441 e. The third-order valence-electron chi connectivity index (χ3n) is 5.01. The molecule has 0 radical (unpaired) electrons. The Kier molecular flexibility index (Phi) is 9.92. The van der Waals surface area contributed by atoms with E-state index in [4.69, 9.17) is 4.74 Å². The van der Waals surface area contributed by atoms with Gasteiger partial charge >= 0.3 is 6.09 Å². The quantitative estimate of drug-likeness (QED) is 0.250. The molecule has 0 aliphatic heterocycles. The van der Waals surface area contributed by atoms with Crippen molar-refractivity contribution in [3.63, 3.8) is 0 Å². The second kappa shape index (κ2) is 13.3. The lowest BCUT2D eigenvalue weighted by atomic mass is 10.0. The third-order valence-corrected chi connectivity index (χ3v) is 6.09. The predicted molar refractivity (Wildman–Crippen MR) is 142 cm³/mol. The van der Waals surface area contributed by atoms with Crippen molar-refractivity contribution in [2.75, 3.05) is 23.8 Å². The Morgan fingerprint density at radius 2 is 1.95 bits per heavy atom. The minimum atomic E-state index is -2.27. The number of aromatic nitrogens is 2. The van der Waals surface area contributed by atoms with Crippen LogP contribution < -0.4 is 16.0 Å². The van der Waals surface area contributed by atoms with Crippen molar-refractivity contribution in [3.8, 4) is 11.1 Å². The molecule has 2 aromatic carbocycles. The number of nitrogens with one attached hydrogen (secondary N) is 3. The summed E-state index contributed by atoms with van der Waals surface area (Å²) >= 11 is 0. The van der Waals surface area contributed by atoms with Crippen molar-refractivity contribution in [3.05, 3.63) is 60.3 Å². The number of carbonyl (C=O) groups excluding carboxylic acids is 2. The van der Waals surface area contributed by atoms with E-state index in [1.54, 1.807) is 37.4 Å². The van der Waals surface area contributed by atoms with E-state index in [0.29, 0.717) is 28.9 Å². The fourth-order valence-electron chi connectivity index (χ4n) is 3.20. The van der Waals surface area contributed by atoms with Crippen molar-refractivity contribution in [1.82, 2.24) is 15.3 Å². The summed E-state index contributed by atoms with van der Waals surface area (Å²) in [6, 6.07) is 13.9. The first-order valence-corrected chi connectivity index (χ1v) is 12.8. The number of benzene rings is 2. The van der Waals surface area contributed by atoms with Crippen LogP contribution in [0.5, 0.6) is 0 Å². The molecule has 0 bridgehead atoms. The van der Waals surface area contributed by atoms with Crippen LogP contribution in [0.2, 0.25) is 0 Å². The summed E-state index contributed by atoms with van der Waals surface area (Å²) in [6.45, 7) is 5.40. The molecule has 0 aliphatic carbocycles. The van der Waals surface area contributed by atoms with Crippen molar-refractivity contribution < 1.29 is 23.6 Å². The fraction of sp³-hybridized carbons (Fsp3) is 0.280. The van der Waals surface area contributed by atoms with Gasteiger partial charge in [-0.2, -0.15) is 4.98 Å². The van der Waals surface area contributed by atoms with E-state index in [1.807, 2.05) is 31.2 Å². The van der Waals surface area contributed by atoms with E-state index in [0.717, 1.165) is 16.7 Å². The van der Waals surface area contributed by atoms with E-state index < -0.39 is 16.7 Å². The normalized spacial score (nSPS) is 12.4. The maximum atomic E-state index is 12.2. The second-order valence-corrected chi connectivity index (χ2v) is 9.30. The second-order valence-electron chi connectivity index (χ2n) is 8.04. The standard InChI is InChI=1S/C25H30N6O5S/c1-4-36-25(34)31-37(35)21-10-8-20(9-11-21)29-24-27-14-22(23(30-24)28-16(2)15-32)19-7-5-6-18(12-19)13-26-17(3)33/h5-12,14,16,32,37H,4,13,15H2,1-3H3,(H,26,33)(H2,27,28,29,30)/t16-/m1/s1. The zero-order valence-electron chi connectivity index (χ0n) is 20.8. The summed E-state index contributed by atoms with van der Waals surface area (Å²) in [5.41, 5.74) is 3.13. The average Bonchev–Trinajstić information content (AvgIpc) is 2.88. The fourth-order valence-corrected chi connectivity index (χ4v) is 3.93. The molecular weight excluding hydrogens is 496 g/mol. The lowest BCUT2D eigenvalue weighted by molar-refractivity contribution is -0.119. The van der Waals surface area contributed by atoms with Gasteiger partial charge in [0.25, 0.3) is 0 Å². The number of anilines is 3. The summed E-state index contributed by atoms with van der Waals surface area (Å²) in [6.07, 6.45) is 0.806. The van der Waals surface area contributed by atoms with Gasteiger partial charge < -0.3 is 25.8 Å². The molecular formula is C25H30N6O5S. The van der Waals surface area contributed by atoms with Gasteiger partial charge in [-0.15, -0.1) is 4.36 Å². The number of hydrogen-bond acceptors (Lipinski definition) is 9. The molecule has 0 saturated heterocycles. The van der Waals surface area contributed by atoms with Crippen LogP contribution in [0, 0.1) is 0 Å². The number of rotatable bonds is 10. The molecule has 37 heavy (non-hydrogen) atoms. The van der Waals surface area contributed by atoms with E-state index >= 15 is 0 Å². The molecule has 3 aromatic rings. The summed E-state index contributed by atoms with van der Waals surface area (Å²) in [5, 5.41) is 18.6. The smallest absolute Gasteiger partial charge is 0.441 e. The molecule has 0 aliphatic rings. The van der Waals surface area contributed by atoms with Gasteiger partial charge in [0.15, 0.2) is 0 Å². The molecule has 1 aromatic heterocycles. The molecule has 1 heterocycles. The molecule has 4 N–H and O–H groups in total. The van der Waals surface area contributed by atoms with Crippen LogP contribution in [0.4, 0.5) is 22.2 Å². The summed E-state index contributed by atoms with van der Waals surface area (Å²) in [4.78, 5) is 32.1. The van der Waals surface area contributed by atoms with Gasteiger partial charge in [0.1, 0.15) is 5.82 Å².